The van der Waals surface area contributed by atoms with E-state index < -0.39 is 18.1 Å². The Morgan fingerprint density at radius 1 is 1.07 bits per heavy atom. The summed E-state index contributed by atoms with van der Waals surface area (Å²) in [5.41, 5.74) is 1.83. The fraction of sp³-hybridized carbons (Fsp3) is 0.300. The van der Waals surface area contributed by atoms with Crippen LogP contribution in [0.4, 0.5) is 4.79 Å². The number of nitrogens with zero attached hydrogens (tertiary/aromatic N) is 2. The molecule has 142 valence electrons. The first-order valence-corrected chi connectivity index (χ1v) is 9.07. The molecule has 1 aliphatic heterocycles. The number of carbonyl (C=O) groups is 2. The Bertz CT molecular complexity index is 800. The van der Waals surface area contributed by atoms with Crippen LogP contribution in [-0.4, -0.2) is 52.6 Å². The lowest BCUT2D eigenvalue weighted by molar-refractivity contribution is -0.145. The minimum absolute atomic E-state index is 0.0868. The van der Waals surface area contributed by atoms with Gasteiger partial charge in [0.25, 0.3) is 0 Å². The number of aliphatic carboxylic acids is 1. The molecule has 27 heavy (non-hydrogen) atoms. The third kappa shape index (κ3) is 5.21. The van der Waals surface area contributed by atoms with Crippen molar-refractivity contribution in [1.82, 2.24) is 9.80 Å². The van der Waals surface area contributed by atoms with Gasteiger partial charge in [-0.2, -0.15) is 0 Å². The largest absolute Gasteiger partial charge is 0.480 e. The van der Waals surface area contributed by atoms with E-state index in [1.54, 1.807) is 6.07 Å². The summed E-state index contributed by atoms with van der Waals surface area (Å²) in [4.78, 5) is 27.3. The van der Waals surface area contributed by atoms with Gasteiger partial charge in [-0.15, -0.1) is 0 Å². The van der Waals surface area contributed by atoms with Crippen LogP contribution in [0.1, 0.15) is 11.1 Å². The Morgan fingerprint density at radius 2 is 1.81 bits per heavy atom. The minimum atomic E-state index is -0.961. The van der Waals surface area contributed by atoms with Crippen LogP contribution in [0, 0.1) is 0 Å². The van der Waals surface area contributed by atoms with Crippen molar-refractivity contribution in [1.29, 1.82) is 0 Å². The van der Waals surface area contributed by atoms with Gasteiger partial charge in [0.1, 0.15) is 12.6 Å². The van der Waals surface area contributed by atoms with Gasteiger partial charge in [0.2, 0.25) is 0 Å². The van der Waals surface area contributed by atoms with Gasteiger partial charge < -0.3 is 14.7 Å². The highest BCUT2D eigenvalue weighted by Gasteiger charge is 2.34. The summed E-state index contributed by atoms with van der Waals surface area (Å²) in [6.07, 6.45) is -0.493. The maximum absolute atomic E-state index is 12.3. The predicted molar refractivity (Wildman–Crippen MR) is 101 cm³/mol. The first-order valence-electron chi connectivity index (χ1n) is 8.70. The van der Waals surface area contributed by atoms with Crippen molar-refractivity contribution in [3.8, 4) is 0 Å². The molecule has 1 atom stereocenters. The van der Waals surface area contributed by atoms with E-state index in [1.165, 1.54) is 4.90 Å². The van der Waals surface area contributed by atoms with E-state index in [9.17, 15) is 14.7 Å². The van der Waals surface area contributed by atoms with E-state index in [0.29, 0.717) is 24.7 Å². The molecule has 1 aliphatic rings. The summed E-state index contributed by atoms with van der Waals surface area (Å²) < 4.78 is 5.32. The predicted octanol–water partition coefficient (Wildman–Crippen LogP) is 3.25. The Balaban J connectivity index is 1.59. The number of ether oxygens (including phenoxy) is 1. The zero-order chi connectivity index (χ0) is 19.2. The second-order valence-corrected chi connectivity index (χ2v) is 6.88. The molecular weight excluding hydrogens is 368 g/mol. The van der Waals surface area contributed by atoms with Gasteiger partial charge in [0, 0.05) is 24.7 Å². The maximum atomic E-state index is 12.3. The van der Waals surface area contributed by atoms with Gasteiger partial charge in [-0.1, -0.05) is 54.1 Å². The topological polar surface area (TPSA) is 70.1 Å². The van der Waals surface area contributed by atoms with Gasteiger partial charge in [0.05, 0.1) is 6.54 Å². The van der Waals surface area contributed by atoms with E-state index in [0.717, 1.165) is 11.1 Å². The van der Waals surface area contributed by atoms with Crippen molar-refractivity contribution in [2.75, 3.05) is 19.6 Å². The molecule has 1 saturated heterocycles. The quantitative estimate of drug-likeness (QED) is 0.851. The fourth-order valence-corrected chi connectivity index (χ4v) is 3.30. The summed E-state index contributed by atoms with van der Waals surface area (Å²) in [5, 5.41) is 10.2. The van der Waals surface area contributed by atoms with Crippen LogP contribution in [0.2, 0.25) is 5.02 Å². The molecule has 0 aromatic heterocycles. The fourth-order valence-electron chi connectivity index (χ4n) is 3.09. The van der Waals surface area contributed by atoms with Crippen molar-refractivity contribution in [2.24, 2.45) is 0 Å². The summed E-state index contributed by atoms with van der Waals surface area (Å²) in [5.74, 6) is -0.961. The third-order valence-electron chi connectivity index (χ3n) is 4.51. The zero-order valence-electron chi connectivity index (χ0n) is 14.8. The second kappa shape index (κ2) is 8.88. The highest BCUT2D eigenvalue weighted by molar-refractivity contribution is 6.30. The lowest BCUT2D eigenvalue weighted by Crippen LogP contribution is -2.57. The average molecular weight is 389 g/mol. The molecule has 2 aromatic carbocycles. The van der Waals surface area contributed by atoms with Gasteiger partial charge in [-0.05, 0) is 23.3 Å². The number of halogens is 1. The van der Waals surface area contributed by atoms with Crippen LogP contribution >= 0.6 is 11.6 Å². The number of hydrogen-bond donors (Lipinski definition) is 1. The van der Waals surface area contributed by atoms with Crippen LogP contribution in [-0.2, 0) is 22.7 Å². The molecule has 2 aromatic rings. The Hall–Kier alpha value is -2.57. The van der Waals surface area contributed by atoms with E-state index >= 15 is 0 Å². The summed E-state index contributed by atoms with van der Waals surface area (Å²) >= 11 is 6.01. The van der Waals surface area contributed by atoms with Crippen molar-refractivity contribution in [3.05, 3.63) is 70.7 Å². The SMILES string of the molecule is O=C(O)[C@@H]1CN(C(=O)OCc2ccccc2)CCN1Cc1cccc(Cl)c1. The van der Waals surface area contributed by atoms with Gasteiger partial charge in [0.15, 0.2) is 0 Å². The third-order valence-corrected chi connectivity index (χ3v) is 4.75. The number of piperazine rings is 1. The molecule has 0 bridgehead atoms. The molecular formula is C20H21ClN2O4. The Kier molecular flexibility index (Phi) is 6.32. The van der Waals surface area contributed by atoms with Crippen molar-refractivity contribution >= 4 is 23.7 Å². The van der Waals surface area contributed by atoms with E-state index in [4.69, 9.17) is 16.3 Å². The van der Waals surface area contributed by atoms with Gasteiger partial charge in [-0.3, -0.25) is 9.69 Å². The number of hydrogen-bond acceptors (Lipinski definition) is 4. The molecule has 0 saturated carbocycles. The van der Waals surface area contributed by atoms with Gasteiger partial charge >= 0.3 is 12.1 Å². The van der Waals surface area contributed by atoms with E-state index in [1.807, 2.05) is 53.4 Å². The molecule has 0 unspecified atom stereocenters. The number of rotatable bonds is 5. The van der Waals surface area contributed by atoms with Crippen LogP contribution in [0.5, 0.6) is 0 Å². The second-order valence-electron chi connectivity index (χ2n) is 6.44. The number of carboxylic acid groups (broad SMARTS) is 1. The number of carbonyl (C=O) groups excluding carboxylic acids is 1. The Labute approximate surface area is 162 Å². The molecule has 7 heteroatoms. The standard InChI is InChI=1S/C20H21ClN2O4/c21-17-8-4-7-16(11-17)12-22-9-10-23(13-18(22)19(24)25)20(26)27-14-15-5-2-1-3-6-15/h1-8,11,18H,9-10,12-14H2,(H,24,25)/t18-/m0/s1. The first-order chi connectivity index (χ1) is 13.0. The van der Waals surface area contributed by atoms with Crippen LogP contribution in [0.3, 0.4) is 0 Å². The molecule has 1 N–H and O–H groups in total. The summed E-state index contributed by atoms with van der Waals surface area (Å²) in [7, 11) is 0. The van der Waals surface area contributed by atoms with E-state index in [2.05, 4.69) is 0 Å². The van der Waals surface area contributed by atoms with Crippen molar-refractivity contribution in [3.63, 3.8) is 0 Å². The first kappa shape index (κ1) is 19.2. The molecule has 1 amide bonds. The molecule has 3 rings (SSSR count). The number of benzene rings is 2. The lowest BCUT2D eigenvalue weighted by atomic mass is 10.1. The van der Waals surface area contributed by atoms with Crippen molar-refractivity contribution in [2.45, 2.75) is 19.2 Å². The van der Waals surface area contributed by atoms with E-state index in [-0.39, 0.29) is 13.2 Å². The lowest BCUT2D eigenvalue weighted by Gasteiger charge is -2.38. The maximum Gasteiger partial charge on any atom is 0.410 e. The number of amides is 1. The number of carboxylic acids is 1. The summed E-state index contributed by atoms with van der Waals surface area (Å²) in [6, 6.07) is 15.9. The Morgan fingerprint density at radius 3 is 2.52 bits per heavy atom. The van der Waals surface area contributed by atoms with Crippen LogP contribution in [0.15, 0.2) is 54.6 Å². The molecule has 6 nitrogen and oxygen atoms in total. The highest BCUT2D eigenvalue weighted by Crippen LogP contribution is 2.18. The molecule has 0 spiro atoms. The monoisotopic (exact) mass is 388 g/mol. The zero-order valence-corrected chi connectivity index (χ0v) is 15.5. The van der Waals surface area contributed by atoms with Crippen LogP contribution < -0.4 is 0 Å². The molecule has 0 radical (unpaired) electrons. The normalized spacial score (nSPS) is 17.5. The highest BCUT2D eigenvalue weighted by atomic mass is 35.5. The smallest absolute Gasteiger partial charge is 0.410 e. The minimum Gasteiger partial charge on any atom is -0.480 e. The average Bonchev–Trinajstić information content (AvgIpc) is 2.67. The van der Waals surface area contributed by atoms with Gasteiger partial charge in [-0.25, -0.2) is 4.79 Å². The molecule has 1 heterocycles. The van der Waals surface area contributed by atoms with Crippen LogP contribution in [0.25, 0.3) is 0 Å². The molecule has 0 aliphatic carbocycles. The summed E-state index contributed by atoms with van der Waals surface area (Å²) in [6.45, 7) is 1.58. The van der Waals surface area contributed by atoms with Crippen molar-refractivity contribution < 1.29 is 19.4 Å². The molecule has 1 fully saturated rings.